The molecule has 0 aromatic carbocycles. The van der Waals surface area contributed by atoms with Crippen LogP contribution < -0.4 is 10.0 Å². The first-order valence-electron chi connectivity index (χ1n) is 8.43. The molecule has 0 radical (unpaired) electrons. The van der Waals surface area contributed by atoms with E-state index in [4.69, 9.17) is 0 Å². The molecule has 148 valence electrons. The van der Waals surface area contributed by atoms with E-state index in [0.717, 1.165) is 38.2 Å². The number of hydrogen-bond donors (Lipinski definition) is 2. The van der Waals surface area contributed by atoms with Gasteiger partial charge in [-0.2, -0.15) is 0 Å². The zero-order chi connectivity index (χ0) is 18.5. The maximum atomic E-state index is 12.1. The number of pyridine rings is 1. The first-order chi connectivity index (χ1) is 12.0. The third-order valence-electron chi connectivity index (χ3n) is 3.62. The van der Waals surface area contributed by atoms with Gasteiger partial charge in [-0.05, 0) is 31.4 Å². The van der Waals surface area contributed by atoms with Crippen molar-refractivity contribution in [3.63, 3.8) is 0 Å². The summed E-state index contributed by atoms with van der Waals surface area (Å²) < 4.78 is 26.7. The van der Waals surface area contributed by atoms with Gasteiger partial charge in [0.05, 0.1) is 0 Å². The highest BCUT2D eigenvalue weighted by Gasteiger charge is 2.13. The van der Waals surface area contributed by atoms with Crippen LogP contribution in [0.4, 0.5) is 0 Å². The van der Waals surface area contributed by atoms with Crippen LogP contribution in [-0.4, -0.2) is 58.0 Å². The normalized spacial score (nSPS) is 11.5. The standard InChI is InChI=1S/C17H29N5O2S.HI/c1-4-5-6-7-8-14-22(3)17(18-2)20-12-13-21-25(23,24)16-10-9-11-19-15-16;/h4,9-11,15,21H,1,5-8,12-14H2,2-3H3,(H,18,20);1H. The molecule has 1 rings (SSSR count). The van der Waals surface area contributed by atoms with E-state index in [-0.39, 0.29) is 35.4 Å². The summed E-state index contributed by atoms with van der Waals surface area (Å²) in [5.74, 6) is 0.754. The minimum absolute atomic E-state index is 0. The number of guanidine groups is 1. The maximum absolute atomic E-state index is 12.1. The lowest BCUT2D eigenvalue weighted by molar-refractivity contribution is 0.455. The van der Waals surface area contributed by atoms with Crippen LogP contribution in [0.5, 0.6) is 0 Å². The van der Waals surface area contributed by atoms with Crippen LogP contribution in [-0.2, 0) is 10.0 Å². The minimum Gasteiger partial charge on any atom is -0.355 e. The summed E-state index contributed by atoms with van der Waals surface area (Å²) in [6.07, 6.45) is 9.24. The largest absolute Gasteiger partial charge is 0.355 e. The van der Waals surface area contributed by atoms with E-state index in [1.165, 1.54) is 18.5 Å². The summed E-state index contributed by atoms with van der Waals surface area (Å²) in [6.45, 7) is 5.34. The lowest BCUT2D eigenvalue weighted by Crippen LogP contribution is -2.42. The summed E-state index contributed by atoms with van der Waals surface area (Å²) in [5.41, 5.74) is 0. The summed E-state index contributed by atoms with van der Waals surface area (Å²) in [7, 11) is 0.171. The van der Waals surface area contributed by atoms with Crippen LogP contribution in [0.1, 0.15) is 25.7 Å². The van der Waals surface area contributed by atoms with Gasteiger partial charge in [0.15, 0.2) is 5.96 Å². The number of halogens is 1. The molecule has 0 aliphatic heterocycles. The maximum Gasteiger partial charge on any atom is 0.242 e. The lowest BCUT2D eigenvalue weighted by atomic mass is 10.2. The minimum atomic E-state index is -3.52. The molecule has 1 aromatic heterocycles. The van der Waals surface area contributed by atoms with E-state index in [9.17, 15) is 8.42 Å². The zero-order valence-corrected chi connectivity index (χ0v) is 18.7. The average molecular weight is 495 g/mol. The second-order valence-corrected chi connectivity index (χ2v) is 7.39. The SMILES string of the molecule is C=CCCCCCN(C)C(=NC)NCCNS(=O)(=O)c1cccnc1.I. The monoisotopic (exact) mass is 495 g/mol. The summed E-state index contributed by atoms with van der Waals surface area (Å²) in [5, 5.41) is 3.16. The molecule has 0 bridgehead atoms. The van der Waals surface area contributed by atoms with Crippen LogP contribution in [0.25, 0.3) is 0 Å². The molecule has 26 heavy (non-hydrogen) atoms. The Balaban J connectivity index is 0.00000625. The highest BCUT2D eigenvalue weighted by molar-refractivity contribution is 14.0. The van der Waals surface area contributed by atoms with Gasteiger partial charge in [0.25, 0.3) is 0 Å². The van der Waals surface area contributed by atoms with Gasteiger partial charge >= 0.3 is 0 Å². The Bertz CT molecular complexity index is 638. The van der Waals surface area contributed by atoms with Gasteiger partial charge in [-0.15, -0.1) is 30.6 Å². The van der Waals surface area contributed by atoms with E-state index in [1.54, 1.807) is 13.1 Å². The fourth-order valence-corrected chi connectivity index (χ4v) is 3.25. The Labute approximate surface area is 174 Å². The van der Waals surface area contributed by atoms with Gasteiger partial charge in [-0.1, -0.05) is 12.5 Å². The third kappa shape index (κ3) is 9.48. The molecular weight excluding hydrogens is 465 g/mol. The Kier molecular flexibility index (Phi) is 13.3. The summed E-state index contributed by atoms with van der Waals surface area (Å²) in [4.78, 5) is 10.3. The van der Waals surface area contributed by atoms with Crippen molar-refractivity contribution in [3.8, 4) is 0 Å². The number of aromatic nitrogens is 1. The fourth-order valence-electron chi connectivity index (χ4n) is 2.25. The molecule has 1 aromatic rings. The molecule has 0 spiro atoms. The number of sulfonamides is 1. The van der Waals surface area contributed by atoms with E-state index in [1.807, 2.05) is 18.0 Å². The van der Waals surface area contributed by atoms with Gasteiger partial charge in [0.2, 0.25) is 10.0 Å². The third-order valence-corrected chi connectivity index (χ3v) is 5.07. The number of allylic oxidation sites excluding steroid dienone is 1. The average Bonchev–Trinajstić information content (AvgIpc) is 2.62. The molecule has 1 heterocycles. The highest BCUT2D eigenvalue weighted by atomic mass is 127. The van der Waals surface area contributed by atoms with E-state index in [0.29, 0.717) is 6.54 Å². The summed E-state index contributed by atoms with van der Waals surface area (Å²) >= 11 is 0. The molecule has 0 unspecified atom stereocenters. The van der Waals surface area contributed by atoms with Crippen LogP contribution in [0, 0.1) is 0 Å². The van der Waals surface area contributed by atoms with Crippen molar-refractivity contribution in [1.82, 2.24) is 19.9 Å². The quantitative estimate of drug-likeness (QED) is 0.162. The van der Waals surface area contributed by atoms with Gasteiger partial charge in [-0.3, -0.25) is 9.98 Å². The smallest absolute Gasteiger partial charge is 0.242 e. The predicted octanol–water partition coefficient (Wildman–Crippen LogP) is 2.23. The van der Waals surface area contributed by atoms with E-state index in [2.05, 4.69) is 26.6 Å². The zero-order valence-electron chi connectivity index (χ0n) is 15.5. The summed E-state index contributed by atoms with van der Waals surface area (Å²) in [6, 6.07) is 3.11. The molecular formula is C17H30IN5O2S. The molecule has 0 atom stereocenters. The van der Waals surface area contributed by atoms with Gasteiger partial charge < -0.3 is 10.2 Å². The number of nitrogens with one attached hydrogen (secondary N) is 2. The van der Waals surface area contributed by atoms with Crippen molar-refractivity contribution in [2.75, 3.05) is 33.7 Å². The number of nitrogens with zero attached hydrogens (tertiary/aromatic N) is 3. The number of aliphatic imine (C=N–C) groups is 1. The first-order valence-corrected chi connectivity index (χ1v) is 9.92. The van der Waals surface area contributed by atoms with Gasteiger partial charge in [0.1, 0.15) is 4.90 Å². The van der Waals surface area contributed by atoms with E-state index >= 15 is 0 Å². The van der Waals surface area contributed by atoms with Crippen molar-refractivity contribution in [2.45, 2.75) is 30.6 Å². The van der Waals surface area contributed by atoms with Gasteiger partial charge in [-0.25, -0.2) is 13.1 Å². The highest BCUT2D eigenvalue weighted by Crippen LogP contribution is 2.04. The van der Waals surface area contributed by atoms with E-state index < -0.39 is 10.0 Å². The second-order valence-electron chi connectivity index (χ2n) is 5.62. The lowest BCUT2D eigenvalue weighted by Gasteiger charge is -2.22. The van der Waals surface area contributed by atoms with Crippen molar-refractivity contribution in [2.24, 2.45) is 4.99 Å². The molecule has 0 aliphatic rings. The van der Waals surface area contributed by atoms with Crippen molar-refractivity contribution in [3.05, 3.63) is 37.2 Å². The molecule has 0 saturated carbocycles. The first kappa shape index (κ1) is 24.8. The molecule has 9 heteroatoms. The topological polar surface area (TPSA) is 86.7 Å². The number of rotatable bonds is 11. The Hall–Kier alpha value is -1.20. The predicted molar refractivity (Wildman–Crippen MR) is 117 cm³/mol. The molecule has 2 N–H and O–H groups in total. The number of hydrogen-bond acceptors (Lipinski definition) is 4. The van der Waals surface area contributed by atoms with Crippen LogP contribution in [0.3, 0.4) is 0 Å². The number of unbranched alkanes of at least 4 members (excludes halogenated alkanes) is 3. The molecule has 0 aliphatic carbocycles. The molecule has 7 nitrogen and oxygen atoms in total. The van der Waals surface area contributed by atoms with Crippen LogP contribution >= 0.6 is 24.0 Å². The molecule has 0 fully saturated rings. The van der Waals surface area contributed by atoms with Crippen molar-refractivity contribution < 1.29 is 8.42 Å². The van der Waals surface area contributed by atoms with Gasteiger partial charge in [0, 0.05) is 46.1 Å². The molecule has 0 amide bonds. The van der Waals surface area contributed by atoms with Crippen LogP contribution in [0.2, 0.25) is 0 Å². The van der Waals surface area contributed by atoms with Crippen molar-refractivity contribution in [1.29, 1.82) is 0 Å². The Morgan fingerprint density at radius 3 is 2.73 bits per heavy atom. The van der Waals surface area contributed by atoms with Crippen molar-refractivity contribution >= 4 is 40.0 Å². The Morgan fingerprint density at radius 2 is 2.12 bits per heavy atom. The van der Waals surface area contributed by atoms with Crippen LogP contribution in [0.15, 0.2) is 47.1 Å². The molecule has 0 saturated heterocycles. The second kappa shape index (κ2) is 13.9. The Morgan fingerprint density at radius 1 is 1.35 bits per heavy atom. The fraction of sp³-hybridized carbons (Fsp3) is 0.529.